The lowest BCUT2D eigenvalue weighted by Crippen LogP contribution is -2.41. The van der Waals surface area contributed by atoms with Gasteiger partial charge >= 0.3 is 0 Å². The number of thioether (sulfide) groups is 1. The first-order valence-corrected chi connectivity index (χ1v) is 10.3. The van der Waals surface area contributed by atoms with E-state index in [2.05, 4.69) is 36.9 Å². The van der Waals surface area contributed by atoms with Gasteiger partial charge in [-0.15, -0.1) is 10.2 Å². The minimum absolute atomic E-state index is 0.104. The molecule has 0 radical (unpaired) electrons. The Labute approximate surface area is 175 Å². The van der Waals surface area contributed by atoms with Gasteiger partial charge in [-0.2, -0.15) is 0 Å². The van der Waals surface area contributed by atoms with Gasteiger partial charge in [0.15, 0.2) is 0 Å². The molecule has 1 aromatic heterocycles. The van der Waals surface area contributed by atoms with Crippen LogP contribution in [0, 0.1) is 6.92 Å². The first-order valence-electron chi connectivity index (χ1n) is 8.61. The van der Waals surface area contributed by atoms with Crippen molar-refractivity contribution in [3.8, 4) is 5.75 Å². The first-order chi connectivity index (χ1) is 13.6. The smallest absolute Gasteiger partial charge is 0.240 e. The van der Waals surface area contributed by atoms with Gasteiger partial charge in [0.05, 0.1) is 17.6 Å². The fraction of sp³-hybridized carbons (Fsp3) is 0.211. The Morgan fingerprint density at radius 3 is 2.75 bits per heavy atom. The maximum Gasteiger partial charge on any atom is 0.240 e. The maximum atomic E-state index is 13.1. The molecule has 0 saturated carbocycles. The molecule has 0 aliphatic carbocycles. The van der Waals surface area contributed by atoms with Gasteiger partial charge < -0.3 is 15.5 Å². The number of nitrogens with one attached hydrogen (secondary N) is 2. The number of ether oxygens (including phenoxy) is 1. The number of benzene rings is 2. The van der Waals surface area contributed by atoms with Crippen molar-refractivity contribution >= 4 is 39.3 Å². The van der Waals surface area contributed by atoms with E-state index in [0.717, 1.165) is 27.3 Å². The van der Waals surface area contributed by atoms with Crippen LogP contribution in [0.15, 0.2) is 58.2 Å². The van der Waals surface area contributed by atoms with Crippen LogP contribution in [0.5, 0.6) is 5.75 Å². The van der Waals surface area contributed by atoms with E-state index < -0.39 is 5.25 Å². The molecule has 0 spiro atoms. The Hall–Kier alpha value is -2.52. The van der Waals surface area contributed by atoms with Crippen LogP contribution >= 0.6 is 27.7 Å². The zero-order valence-corrected chi connectivity index (χ0v) is 17.6. The molecule has 3 aromatic rings. The Bertz CT molecular complexity index is 1010. The van der Waals surface area contributed by atoms with Gasteiger partial charge in [-0.05, 0) is 52.7 Å². The van der Waals surface area contributed by atoms with Gasteiger partial charge in [0.25, 0.3) is 0 Å². The van der Waals surface area contributed by atoms with E-state index in [1.54, 1.807) is 7.11 Å². The lowest BCUT2D eigenvalue weighted by atomic mass is 10.0. The van der Waals surface area contributed by atoms with Crippen molar-refractivity contribution in [2.45, 2.75) is 23.4 Å². The summed E-state index contributed by atoms with van der Waals surface area (Å²) >= 11 is 4.92. The quantitative estimate of drug-likeness (QED) is 0.618. The highest BCUT2D eigenvalue weighted by molar-refractivity contribution is 9.10. The van der Waals surface area contributed by atoms with E-state index in [1.807, 2.05) is 60.1 Å². The van der Waals surface area contributed by atoms with E-state index in [1.165, 1.54) is 11.8 Å². The lowest BCUT2D eigenvalue weighted by Gasteiger charge is -2.33. The maximum absolute atomic E-state index is 13.1. The Balaban J connectivity index is 1.69. The monoisotopic (exact) mass is 459 g/mol. The third-order valence-corrected chi connectivity index (χ3v) is 6.27. The van der Waals surface area contributed by atoms with E-state index >= 15 is 0 Å². The third kappa shape index (κ3) is 3.59. The van der Waals surface area contributed by atoms with Crippen LogP contribution in [-0.2, 0) is 4.79 Å². The summed E-state index contributed by atoms with van der Waals surface area (Å²) < 4.78 is 7.97. The van der Waals surface area contributed by atoms with Gasteiger partial charge in [0.1, 0.15) is 16.8 Å². The molecule has 1 aliphatic heterocycles. The average Bonchev–Trinajstić information content (AvgIpc) is 3.08. The highest BCUT2D eigenvalue weighted by Crippen LogP contribution is 2.39. The highest BCUT2D eigenvalue weighted by atomic mass is 79.9. The van der Waals surface area contributed by atoms with Crippen molar-refractivity contribution in [1.82, 2.24) is 14.9 Å². The second-order valence-corrected chi connectivity index (χ2v) is 8.22. The summed E-state index contributed by atoms with van der Waals surface area (Å²) in [6.07, 6.45) is 0. The number of rotatable bonds is 4. The molecule has 1 amide bonds. The largest absolute Gasteiger partial charge is 0.496 e. The summed E-state index contributed by atoms with van der Waals surface area (Å²) in [5.74, 6) is 1.37. The average molecular weight is 460 g/mol. The number of fused-ring (bicyclic) bond motifs is 1. The molecular formula is C19H18BrN5O2S. The summed E-state index contributed by atoms with van der Waals surface area (Å²) in [4.78, 5) is 13.1. The normalized spacial score (nSPS) is 18.1. The summed E-state index contributed by atoms with van der Waals surface area (Å²) in [7, 11) is 1.62. The number of para-hydroxylation sites is 1. The van der Waals surface area contributed by atoms with Gasteiger partial charge in [0.2, 0.25) is 11.1 Å². The Kier molecular flexibility index (Phi) is 5.27. The van der Waals surface area contributed by atoms with Crippen molar-refractivity contribution in [1.29, 1.82) is 0 Å². The topological polar surface area (TPSA) is 81.1 Å². The summed E-state index contributed by atoms with van der Waals surface area (Å²) in [5, 5.41) is 11.5. The highest BCUT2D eigenvalue weighted by Gasteiger charge is 2.37. The number of carbonyl (C=O) groups is 1. The van der Waals surface area contributed by atoms with Crippen LogP contribution in [0.1, 0.15) is 17.4 Å². The van der Waals surface area contributed by atoms with Gasteiger partial charge in [-0.3, -0.25) is 4.79 Å². The zero-order chi connectivity index (χ0) is 19.7. The molecule has 9 heteroatoms. The molecule has 2 aromatic carbocycles. The molecule has 2 N–H and O–H groups in total. The molecule has 4 rings (SSSR count). The second kappa shape index (κ2) is 7.84. The molecule has 28 heavy (non-hydrogen) atoms. The zero-order valence-electron chi connectivity index (χ0n) is 15.2. The minimum atomic E-state index is -0.434. The van der Waals surface area contributed by atoms with E-state index in [0.29, 0.717) is 5.16 Å². The molecule has 1 aliphatic rings. The number of aromatic nitrogens is 3. The predicted molar refractivity (Wildman–Crippen MR) is 112 cm³/mol. The molecule has 7 nitrogen and oxygen atoms in total. The number of methoxy groups -OCH3 is 1. The number of nitrogens with zero attached hydrogens (tertiary/aromatic N) is 3. The van der Waals surface area contributed by atoms with Crippen molar-refractivity contribution in [3.63, 3.8) is 0 Å². The van der Waals surface area contributed by atoms with E-state index in [4.69, 9.17) is 4.74 Å². The number of aryl methyl sites for hydroxylation is 1. The summed E-state index contributed by atoms with van der Waals surface area (Å²) in [6.45, 7) is 1.87. The molecule has 2 heterocycles. The number of carbonyl (C=O) groups excluding carboxylic acids is 1. The molecule has 0 bridgehead atoms. The fourth-order valence-corrected chi connectivity index (χ4v) is 4.71. The standard InChI is InChI=1S/C19H18BrN5O2S/c1-11-22-23-19-25(11)24-16(12-8-9-15(27-2)14(20)10-12)17(28-19)18(26)21-13-6-4-3-5-7-13/h3-10,16-17,24H,1-2H3,(H,21,26). The molecule has 2 atom stereocenters. The van der Waals surface area contributed by atoms with Crippen molar-refractivity contribution in [2.24, 2.45) is 0 Å². The number of halogens is 1. The van der Waals surface area contributed by atoms with Crippen LogP contribution in [0.3, 0.4) is 0 Å². The minimum Gasteiger partial charge on any atom is -0.496 e. The number of hydrogen-bond acceptors (Lipinski definition) is 6. The molecule has 0 saturated heterocycles. The fourth-order valence-electron chi connectivity index (χ4n) is 3.02. The SMILES string of the molecule is COc1ccc(C2Nn3c(C)nnc3SC2C(=O)Nc2ccccc2)cc1Br. The molecule has 2 unspecified atom stereocenters. The van der Waals surface area contributed by atoms with Gasteiger partial charge in [-0.1, -0.05) is 36.0 Å². The van der Waals surface area contributed by atoms with Crippen molar-refractivity contribution < 1.29 is 9.53 Å². The lowest BCUT2D eigenvalue weighted by molar-refractivity contribution is -0.116. The molecule has 144 valence electrons. The van der Waals surface area contributed by atoms with Crippen LogP contribution in [0.25, 0.3) is 0 Å². The Morgan fingerprint density at radius 2 is 2.04 bits per heavy atom. The third-order valence-electron chi connectivity index (χ3n) is 4.43. The predicted octanol–water partition coefficient (Wildman–Crippen LogP) is 3.76. The van der Waals surface area contributed by atoms with Crippen LogP contribution in [-0.4, -0.2) is 33.1 Å². The number of amides is 1. The summed E-state index contributed by atoms with van der Waals surface area (Å²) in [5.41, 5.74) is 5.10. The van der Waals surface area contributed by atoms with Crippen molar-refractivity contribution in [2.75, 3.05) is 17.9 Å². The summed E-state index contributed by atoms with van der Waals surface area (Å²) in [6, 6.07) is 14.9. The van der Waals surface area contributed by atoms with Gasteiger partial charge in [-0.25, -0.2) is 4.68 Å². The van der Waals surface area contributed by atoms with E-state index in [9.17, 15) is 4.79 Å². The second-order valence-electron chi connectivity index (χ2n) is 6.26. The van der Waals surface area contributed by atoms with Crippen LogP contribution in [0.2, 0.25) is 0 Å². The van der Waals surface area contributed by atoms with Crippen molar-refractivity contribution in [3.05, 3.63) is 64.4 Å². The Morgan fingerprint density at radius 1 is 1.25 bits per heavy atom. The molecule has 0 fully saturated rings. The molecular weight excluding hydrogens is 442 g/mol. The first kappa shape index (κ1) is 18.8. The van der Waals surface area contributed by atoms with Gasteiger partial charge in [0, 0.05) is 5.69 Å². The number of anilines is 1. The number of hydrogen-bond donors (Lipinski definition) is 2. The van der Waals surface area contributed by atoms with Crippen LogP contribution < -0.4 is 15.5 Å². The van der Waals surface area contributed by atoms with E-state index in [-0.39, 0.29) is 11.9 Å². The van der Waals surface area contributed by atoms with Crippen LogP contribution in [0.4, 0.5) is 5.69 Å².